The van der Waals surface area contributed by atoms with Gasteiger partial charge in [0, 0.05) is 26.1 Å². The lowest BCUT2D eigenvalue weighted by Crippen LogP contribution is -2.44. The predicted molar refractivity (Wildman–Crippen MR) is 90.3 cm³/mol. The summed E-state index contributed by atoms with van der Waals surface area (Å²) in [6.45, 7) is 0.344. The van der Waals surface area contributed by atoms with E-state index in [0.29, 0.717) is 25.4 Å². The lowest BCUT2D eigenvalue weighted by Gasteiger charge is -2.31. The molecule has 0 atom stereocenters. The Labute approximate surface area is 143 Å². The summed E-state index contributed by atoms with van der Waals surface area (Å²) in [7, 11) is 1.89. The summed E-state index contributed by atoms with van der Waals surface area (Å²) in [5.41, 5.74) is -0.639. The van der Waals surface area contributed by atoms with E-state index in [9.17, 15) is 14.4 Å². The molecule has 134 valence electrons. The third-order valence-corrected chi connectivity index (χ3v) is 5.99. The number of rotatable bonds is 5. The van der Waals surface area contributed by atoms with Crippen molar-refractivity contribution in [3.63, 3.8) is 0 Å². The Hall–Kier alpha value is -1.59. The van der Waals surface area contributed by atoms with Crippen molar-refractivity contribution in [3.05, 3.63) is 0 Å². The summed E-state index contributed by atoms with van der Waals surface area (Å²) in [5, 5.41) is 2.88. The fourth-order valence-electron chi connectivity index (χ4n) is 4.43. The molecule has 6 nitrogen and oxygen atoms in total. The molecule has 3 fully saturated rings. The Morgan fingerprint density at radius 2 is 1.83 bits per heavy atom. The van der Waals surface area contributed by atoms with E-state index in [0.717, 1.165) is 38.5 Å². The first kappa shape index (κ1) is 17.2. The van der Waals surface area contributed by atoms with Gasteiger partial charge in [0.15, 0.2) is 0 Å². The van der Waals surface area contributed by atoms with Gasteiger partial charge in [-0.1, -0.05) is 32.1 Å². The number of hydrogen-bond acceptors (Lipinski definition) is 3. The molecule has 1 aliphatic heterocycles. The third kappa shape index (κ3) is 3.28. The quantitative estimate of drug-likeness (QED) is 0.785. The molecule has 0 aromatic heterocycles. The maximum Gasteiger partial charge on any atom is 0.325 e. The van der Waals surface area contributed by atoms with Gasteiger partial charge >= 0.3 is 6.03 Å². The number of nitrogens with one attached hydrogen (secondary N) is 1. The van der Waals surface area contributed by atoms with Crippen molar-refractivity contribution < 1.29 is 14.4 Å². The van der Waals surface area contributed by atoms with Gasteiger partial charge in [-0.25, -0.2) is 4.79 Å². The van der Waals surface area contributed by atoms with E-state index in [2.05, 4.69) is 5.32 Å². The zero-order chi connectivity index (χ0) is 17.2. The van der Waals surface area contributed by atoms with E-state index in [1.807, 2.05) is 11.9 Å². The van der Waals surface area contributed by atoms with Gasteiger partial charge in [0.05, 0.1) is 0 Å². The number of nitrogens with zero attached hydrogens (tertiary/aromatic N) is 2. The van der Waals surface area contributed by atoms with Crippen LogP contribution in [0.5, 0.6) is 0 Å². The lowest BCUT2D eigenvalue weighted by atomic mass is 9.94. The monoisotopic (exact) mass is 335 g/mol. The van der Waals surface area contributed by atoms with Crippen molar-refractivity contribution >= 4 is 17.8 Å². The molecule has 0 aromatic rings. The van der Waals surface area contributed by atoms with E-state index in [4.69, 9.17) is 0 Å². The van der Waals surface area contributed by atoms with Crippen LogP contribution < -0.4 is 5.32 Å². The molecule has 1 heterocycles. The number of carbonyl (C=O) groups is 3. The first-order valence-corrected chi connectivity index (χ1v) is 9.43. The van der Waals surface area contributed by atoms with Crippen molar-refractivity contribution in [2.24, 2.45) is 0 Å². The zero-order valence-corrected chi connectivity index (χ0v) is 14.7. The lowest BCUT2D eigenvalue weighted by molar-refractivity contribution is -0.134. The van der Waals surface area contributed by atoms with E-state index < -0.39 is 5.54 Å². The number of urea groups is 1. The molecule has 1 N–H and O–H groups in total. The van der Waals surface area contributed by atoms with Crippen LogP contribution in [0.4, 0.5) is 4.79 Å². The molecule has 2 aliphatic carbocycles. The van der Waals surface area contributed by atoms with Gasteiger partial charge in [0.1, 0.15) is 5.54 Å². The highest BCUT2D eigenvalue weighted by atomic mass is 16.2. The molecular weight excluding hydrogens is 306 g/mol. The van der Waals surface area contributed by atoms with Crippen LogP contribution in [-0.4, -0.2) is 52.8 Å². The Bertz CT molecular complexity index is 508. The maximum absolute atomic E-state index is 12.5. The number of imide groups is 1. The van der Waals surface area contributed by atoms with Crippen LogP contribution in [0.2, 0.25) is 0 Å². The van der Waals surface area contributed by atoms with Crippen LogP contribution in [0.3, 0.4) is 0 Å². The average molecular weight is 335 g/mol. The Morgan fingerprint density at radius 3 is 2.50 bits per heavy atom. The van der Waals surface area contributed by atoms with Crippen molar-refractivity contribution in [2.75, 3.05) is 13.6 Å². The largest absolute Gasteiger partial charge is 0.343 e. The molecule has 6 heteroatoms. The van der Waals surface area contributed by atoms with Crippen LogP contribution in [-0.2, 0) is 9.59 Å². The van der Waals surface area contributed by atoms with Crippen molar-refractivity contribution in [1.29, 1.82) is 0 Å². The van der Waals surface area contributed by atoms with Gasteiger partial charge in [0.2, 0.25) is 5.91 Å². The van der Waals surface area contributed by atoms with Gasteiger partial charge in [-0.05, 0) is 32.1 Å². The molecule has 1 spiro atoms. The molecule has 24 heavy (non-hydrogen) atoms. The van der Waals surface area contributed by atoms with E-state index in [-0.39, 0.29) is 17.8 Å². The van der Waals surface area contributed by atoms with E-state index in [1.165, 1.54) is 24.2 Å². The number of amides is 4. The van der Waals surface area contributed by atoms with Crippen molar-refractivity contribution in [1.82, 2.24) is 15.1 Å². The highest BCUT2D eigenvalue weighted by molar-refractivity contribution is 6.07. The molecule has 2 saturated carbocycles. The molecule has 0 radical (unpaired) electrons. The summed E-state index contributed by atoms with van der Waals surface area (Å²) >= 11 is 0. The van der Waals surface area contributed by atoms with Gasteiger partial charge < -0.3 is 10.2 Å². The minimum atomic E-state index is -0.639. The maximum atomic E-state index is 12.5. The minimum Gasteiger partial charge on any atom is -0.343 e. The second kappa shape index (κ2) is 7.11. The van der Waals surface area contributed by atoms with Gasteiger partial charge in [0.25, 0.3) is 5.91 Å². The molecule has 0 unspecified atom stereocenters. The molecule has 0 bridgehead atoms. The van der Waals surface area contributed by atoms with Gasteiger partial charge in [-0.2, -0.15) is 0 Å². The van der Waals surface area contributed by atoms with Crippen LogP contribution >= 0.6 is 0 Å². The summed E-state index contributed by atoms with van der Waals surface area (Å²) in [4.78, 5) is 40.2. The highest BCUT2D eigenvalue weighted by Crippen LogP contribution is 2.35. The Morgan fingerprint density at radius 1 is 1.17 bits per heavy atom. The Balaban J connectivity index is 1.46. The first-order chi connectivity index (χ1) is 11.5. The van der Waals surface area contributed by atoms with Crippen LogP contribution in [0.1, 0.15) is 70.6 Å². The fraction of sp³-hybridized carbons (Fsp3) is 0.833. The standard InChI is InChI=1S/C18H29N3O3/c1-20(14-8-3-2-4-9-14)15(22)10-7-13-21-16(23)18(19-17(21)24)11-5-6-12-18/h14H,2-13H2,1H3,(H,19,24). The second-order valence-corrected chi connectivity index (χ2v) is 7.58. The van der Waals surface area contributed by atoms with Gasteiger partial charge in [-0.3, -0.25) is 14.5 Å². The van der Waals surface area contributed by atoms with Crippen LogP contribution in [0, 0.1) is 0 Å². The molecule has 4 amide bonds. The normalized spacial score (nSPS) is 23.8. The van der Waals surface area contributed by atoms with E-state index in [1.54, 1.807) is 0 Å². The van der Waals surface area contributed by atoms with Gasteiger partial charge in [-0.15, -0.1) is 0 Å². The predicted octanol–water partition coefficient (Wildman–Crippen LogP) is 2.42. The smallest absolute Gasteiger partial charge is 0.325 e. The molecule has 1 saturated heterocycles. The average Bonchev–Trinajstić information content (AvgIpc) is 3.15. The first-order valence-electron chi connectivity index (χ1n) is 9.43. The molecule has 3 rings (SSSR count). The summed E-state index contributed by atoms with van der Waals surface area (Å²) in [6, 6.07) is 0.0831. The summed E-state index contributed by atoms with van der Waals surface area (Å²) < 4.78 is 0. The number of carbonyl (C=O) groups excluding carboxylic acids is 3. The van der Waals surface area contributed by atoms with E-state index >= 15 is 0 Å². The fourth-order valence-corrected chi connectivity index (χ4v) is 4.43. The second-order valence-electron chi connectivity index (χ2n) is 7.58. The molecule has 0 aromatic carbocycles. The van der Waals surface area contributed by atoms with Crippen molar-refractivity contribution in [2.45, 2.75) is 82.2 Å². The van der Waals surface area contributed by atoms with Crippen LogP contribution in [0.25, 0.3) is 0 Å². The highest BCUT2D eigenvalue weighted by Gasteiger charge is 2.52. The SMILES string of the molecule is CN(C(=O)CCCN1C(=O)NC2(CCCC2)C1=O)C1CCCCC1. The van der Waals surface area contributed by atoms with Crippen LogP contribution in [0.15, 0.2) is 0 Å². The molecular formula is C18H29N3O3. The molecule has 3 aliphatic rings. The zero-order valence-electron chi connectivity index (χ0n) is 14.7. The summed E-state index contributed by atoms with van der Waals surface area (Å²) in [5.74, 6) is 0.0441. The number of hydrogen-bond donors (Lipinski definition) is 1. The minimum absolute atomic E-state index is 0.0851. The summed E-state index contributed by atoms with van der Waals surface area (Å²) in [6.07, 6.45) is 10.3. The Kier molecular flexibility index (Phi) is 5.11. The van der Waals surface area contributed by atoms with Crippen molar-refractivity contribution in [3.8, 4) is 0 Å². The third-order valence-electron chi connectivity index (χ3n) is 5.99. The topological polar surface area (TPSA) is 69.7 Å².